The van der Waals surface area contributed by atoms with Crippen LogP contribution < -0.4 is 16.4 Å². The van der Waals surface area contributed by atoms with E-state index in [9.17, 15) is 63.0 Å². The van der Waals surface area contributed by atoms with E-state index >= 15 is 0 Å². The zero-order valence-electron chi connectivity index (χ0n) is 35.1. The van der Waals surface area contributed by atoms with E-state index in [1.54, 1.807) is 12.2 Å². The van der Waals surface area contributed by atoms with Gasteiger partial charge in [0.2, 0.25) is 11.8 Å². The summed E-state index contributed by atoms with van der Waals surface area (Å²) in [4.78, 5) is 88.1. The molecule has 0 bridgehead atoms. The molecule has 3 rings (SSSR count). The van der Waals surface area contributed by atoms with Gasteiger partial charge in [-0.05, 0) is 12.8 Å². The Labute approximate surface area is 372 Å². The van der Waals surface area contributed by atoms with Gasteiger partial charge in [0.25, 0.3) is 0 Å². The second-order valence-electron chi connectivity index (χ2n) is 14.8. The van der Waals surface area contributed by atoms with Crippen molar-refractivity contribution in [3.8, 4) is 0 Å². The van der Waals surface area contributed by atoms with E-state index in [-0.39, 0.29) is 53.8 Å². The number of ether oxygens (including phenoxy) is 1. The van der Waals surface area contributed by atoms with Crippen molar-refractivity contribution < 1.29 is 85.6 Å². The largest absolute Gasteiger partial charge is 0.481 e. The van der Waals surface area contributed by atoms with Gasteiger partial charge in [-0.3, -0.25) is 32.5 Å². The van der Waals surface area contributed by atoms with E-state index in [0.717, 1.165) is 48.2 Å². The van der Waals surface area contributed by atoms with Gasteiger partial charge < -0.3 is 56.0 Å². The highest BCUT2D eigenvalue weighted by atomic mass is 32.2. The normalized spacial score (nSPS) is 21.3. The molecule has 0 aliphatic carbocycles. The Morgan fingerprint density at radius 3 is 2.38 bits per heavy atom. The van der Waals surface area contributed by atoms with E-state index in [1.807, 2.05) is 18.2 Å². The number of hydrogen-bond acceptors (Lipinski definition) is 19. The Bertz CT molecular complexity index is 2100. The number of unbranched alkanes of at least 4 members (excludes halogenated alkanes) is 2. The third-order valence-corrected chi connectivity index (χ3v) is 12.9. The van der Waals surface area contributed by atoms with Crippen LogP contribution in [0.3, 0.4) is 0 Å². The molecule has 2 aromatic heterocycles. The smallest absolute Gasteiger partial charge is 0.392 e. The maximum Gasteiger partial charge on any atom is 0.481 e. The third-order valence-electron chi connectivity index (χ3n) is 8.91. The number of nitrogens with zero attached hydrogens (tertiary/aromatic N) is 4. The average Bonchev–Trinajstić information content (AvgIpc) is 3.76. The maximum absolute atomic E-state index is 12.7. The van der Waals surface area contributed by atoms with Gasteiger partial charge in [-0.1, -0.05) is 81.8 Å². The number of nitrogens with two attached hydrogens (primary N) is 1. The number of phosphoric ester groups is 3. The van der Waals surface area contributed by atoms with Gasteiger partial charge in [0.15, 0.2) is 22.8 Å². The summed E-state index contributed by atoms with van der Waals surface area (Å²) in [5.74, 6) is -1.29. The molecule has 1 saturated heterocycles. The molecule has 3 heterocycles. The molecule has 1 aliphatic rings. The molecule has 2 amide bonds. The predicted molar refractivity (Wildman–Crippen MR) is 229 cm³/mol. The fourth-order valence-corrected chi connectivity index (χ4v) is 9.14. The molecule has 0 saturated carbocycles. The molecule has 8 atom stereocenters. The molecule has 29 heteroatoms. The van der Waals surface area contributed by atoms with Crippen molar-refractivity contribution >= 4 is 69.1 Å². The Morgan fingerprint density at radius 2 is 1.69 bits per heavy atom. The lowest BCUT2D eigenvalue weighted by Gasteiger charge is -2.30. The van der Waals surface area contributed by atoms with Crippen molar-refractivity contribution in [1.29, 1.82) is 0 Å². The molecule has 64 heavy (non-hydrogen) atoms. The number of carbonyl (C=O) groups excluding carboxylic acids is 3. The number of nitrogen functional groups attached to an aromatic ring is 1. The van der Waals surface area contributed by atoms with Gasteiger partial charge >= 0.3 is 23.5 Å². The molecule has 8 unspecified atom stereocenters. The predicted octanol–water partition coefficient (Wildman–Crippen LogP) is 1.66. The van der Waals surface area contributed by atoms with Crippen LogP contribution in [0.1, 0.15) is 65.5 Å². The standard InChI is InChI=1S/C35H56N7O18P3S/c1-4-5-6-7-8-9-10-11-12-13-23(43)18-26(45)64-17-16-37-25(44)14-15-38-33(48)30(47)35(2,3)20-57-63(54,55)60-62(52,53)56-19-24-29(59-61(49,50)51)28(46)34(58-24)42-22-41-27-31(36)39-21-40-32(27)42/h7-12,21-24,28-30,34,43,46-47H,4-6,13-20H2,1-3H3,(H,37,44)(H,38,48)(H,52,53)(H,54,55)(H2,36,39,40)(H2,49,50,51)/b8-7+,10-9+,12-11+. The van der Waals surface area contributed by atoms with E-state index < -0.39 is 90.7 Å². The first-order chi connectivity index (χ1) is 29.9. The average molecular weight is 988 g/mol. The number of aliphatic hydroxyl groups is 3. The summed E-state index contributed by atoms with van der Waals surface area (Å²) in [6, 6.07) is 0. The summed E-state index contributed by atoms with van der Waals surface area (Å²) in [7, 11) is -16.4. The van der Waals surface area contributed by atoms with Crippen LogP contribution in [0.4, 0.5) is 5.82 Å². The van der Waals surface area contributed by atoms with Gasteiger partial charge in [0.1, 0.15) is 36.3 Å². The fourth-order valence-electron chi connectivity index (χ4n) is 5.57. The lowest BCUT2D eigenvalue weighted by molar-refractivity contribution is -0.137. The number of nitrogens with one attached hydrogen (secondary N) is 2. The minimum Gasteiger partial charge on any atom is -0.392 e. The number of aromatic nitrogens is 4. The van der Waals surface area contributed by atoms with E-state index in [4.69, 9.17) is 19.5 Å². The highest BCUT2D eigenvalue weighted by Gasteiger charge is 2.50. The number of aliphatic hydroxyl groups excluding tert-OH is 3. The van der Waals surface area contributed by atoms with E-state index in [2.05, 4.69) is 47.4 Å². The number of allylic oxidation sites excluding steroid dienone is 5. The van der Waals surface area contributed by atoms with Crippen LogP contribution in [0, 0.1) is 5.41 Å². The van der Waals surface area contributed by atoms with Crippen molar-refractivity contribution in [2.75, 3.05) is 37.8 Å². The van der Waals surface area contributed by atoms with Gasteiger partial charge in [0, 0.05) is 37.1 Å². The summed E-state index contributed by atoms with van der Waals surface area (Å²) in [6.45, 7) is 2.45. The van der Waals surface area contributed by atoms with Crippen LogP contribution in [0.5, 0.6) is 0 Å². The molecule has 2 aromatic rings. The molecule has 1 aliphatic heterocycles. The summed E-state index contributed by atoms with van der Waals surface area (Å²) < 4.78 is 62.3. The van der Waals surface area contributed by atoms with Crippen molar-refractivity contribution in [2.45, 2.75) is 96.0 Å². The second-order valence-corrected chi connectivity index (χ2v) is 20.2. The topological polar surface area (TPSA) is 384 Å². The number of phosphoric acid groups is 3. The number of anilines is 1. The molecular weight excluding hydrogens is 931 g/mol. The maximum atomic E-state index is 12.7. The minimum absolute atomic E-state index is 0.0246. The Hall–Kier alpha value is -3.26. The third kappa shape index (κ3) is 18.9. The van der Waals surface area contributed by atoms with Crippen LogP contribution in [-0.4, -0.2) is 134 Å². The second kappa shape index (κ2) is 25.6. The number of hydrogen-bond donors (Lipinski definition) is 10. The lowest BCUT2D eigenvalue weighted by atomic mass is 9.87. The molecule has 0 aromatic carbocycles. The molecule has 1 fully saturated rings. The van der Waals surface area contributed by atoms with Gasteiger partial charge in [-0.25, -0.2) is 28.6 Å². The minimum atomic E-state index is -5.59. The van der Waals surface area contributed by atoms with Crippen LogP contribution in [-0.2, 0) is 50.7 Å². The highest BCUT2D eigenvalue weighted by molar-refractivity contribution is 8.13. The number of thioether (sulfide) groups is 1. The number of carbonyl (C=O) groups is 3. The van der Waals surface area contributed by atoms with Gasteiger partial charge in [-0.2, -0.15) is 4.31 Å². The summed E-state index contributed by atoms with van der Waals surface area (Å²) in [5, 5.41) is 36.3. The molecule has 0 spiro atoms. The Morgan fingerprint density at radius 1 is 1.00 bits per heavy atom. The molecule has 25 nitrogen and oxygen atoms in total. The zero-order valence-corrected chi connectivity index (χ0v) is 38.6. The van der Waals surface area contributed by atoms with Gasteiger partial charge in [-0.15, -0.1) is 0 Å². The summed E-state index contributed by atoms with van der Waals surface area (Å²) in [5.41, 5.74) is 4.23. The van der Waals surface area contributed by atoms with E-state index in [1.165, 1.54) is 13.8 Å². The molecule has 0 radical (unpaired) electrons. The highest BCUT2D eigenvalue weighted by Crippen LogP contribution is 2.61. The summed E-state index contributed by atoms with van der Waals surface area (Å²) in [6.07, 6.45) is 6.95. The van der Waals surface area contributed by atoms with Crippen molar-refractivity contribution in [3.05, 3.63) is 49.1 Å². The van der Waals surface area contributed by atoms with Gasteiger partial charge in [0.05, 0.1) is 25.6 Å². The fraction of sp³-hybridized carbons (Fsp3) is 0.600. The van der Waals surface area contributed by atoms with E-state index in [0.29, 0.717) is 6.42 Å². The number of imidazole rings is 1. The van der Waals surface area contributed by atoms with Crippen LogP contribution in [0.2, 0.25) is 0 Å². The first-order valence-electron chi connectivity index (χ1n) is 19.7. The monoisotopic (exact) mass is 987 g/mol. The Balaban J connectivity index is 1.39. The van der Waals surface area contributed by atoms with Crippen molar-refractivity contribution in [2.24, 2.45) is 5.41 Å². The SMILES string of the molecule is CCCC/C=C/C=C/C=C/CC(O)CC(=O)SCCNC(=O)CCNC(=O)C(O)C(C)(C)COP(=O)(O)OP(=O)(O)OCC1OC(n2cnc3c(N)ncnc32)C(O)C1OP(=O)(O)O. The van der Waals surface area contributed by atoms with Crippen LogP contribution in [0.15, 0.2) is 49.1 Å². The number of fused-ring (bicyclic) bond motifs is 1. The molecule has 11 N–H and O–H groups in total. The first-order valence-corrected chi connectivity index (χ1v) is 25.2. The quantitative estimate of drug-likeness (QED) is 0.0329. The zero-order chi connectivity index (χ0) is 47.7. The summed E-state index contributed by atoms with van der Waals surface area (Å²) >= 11 is 0.948. The van der Waals surface area contributed by atoms with Crippen LogP contribution in [0.25, 0.3) is 11.2 Å². The van der Waals surface area contributed by atoms with Crippen LogP contribution >= 0.6 is 35.2 Å². The number of amides is 2. The first kappa shape index (κ1) is 55.1. The van der Waals surface area contributed by atoms with Crippen molar-refractivity contribution in [3.63, 3.8) is 0 Å². The molecule has 360 valence electrons. The van der Waals surface area contributed by atoms with Crippen molar-refractivity contribution in [1.82, 2.24) is 30.2 Å². The number of rotatable bonds is 28. The molecular formula is C35H56N7O18P3S. The Kier molecular flexibility index (Phi) is 22.0. The lowest BCUT2D eigenvalue weighted by Crippen LogP contribution is -2.46.